The van der Waals surface area contributed by atoms with E-state index < -0.39 is 0 Å². The lowest BCUT2D eigenvalue weighted by molar-refractivity contribution is 0.487. The molecule has 1 saturated heterocycles. The van der Waals surface area contributed by atoms with Gasteiger partial charge in [0.05, 0.1) is 4.34 Å². The third kappa shape index (κ3) is 4.84. The summed E-state index contributed by atoms with van der Waals surface area (Å²) in [5, 5.41) is 3.63. The molecule has 0 bridgehead atoms. The second kappa shape index (κ2) is 7.83. The molecule has 92 valence electrons. The maximum absolute atomic E-state index is 5.88. The van der Waals surface area contributed by atoms with E-state index in [2.05, 4.69) is 23.1 Å². The van der Waals surface area contributed by atoms with Crippen molar-refractivity contribution in [1.29, 1.82) is 0 Å². The van der Waals surface area contributed by atoms with Gasteiger partial charge in [0, 0.05) is 17.5 Å². The summed E-state index contributed by atoms with van der Waals surface area (Å²) < 4.78 is 0.902. The highest BCUT2D eigenvalue weighted by molar-refractivity contribution is 7.99. The number of thioether (sulfide) groups is 1. The van der Waals surface area contributed by atoms with Gasteiger partial charge in [-0.05, 0) is 42.9 Å². The van der Waals surface area contributed by atoms with Crippen LogP contribution in [0.5, 0.6) is 0 Å². The summed E-state index contributed by atoms with van der Waals surface area (Å²) >= 11 is 9.66. The molecule has 0 aliphatic carbocycles. The molecule has 1 N–H and O–H groups in total. The van der Waals surface area contributed by atoms with Crippen LogP contribution in [0.25, 0.3) is 0 Å². The Morgan fingerprint density at radius 1 is 1.31 bits per heavy atom. The number of hydrogen-bond donors (Lipinski definition) is 1. The van der Waals surface area contributed by atoms with Gasteiger partial charge in [0.2, 0.25) is 0 Å². The smallest absolute Gasteiger partial charge is 0.0931 e. The predicted octanol–water partition coefficient (Wildman–Crippen LogP) is 3.85. The SMILES string of the molecule is Cl.Clc1ccc(CCNC2CCSCC2)s1. The molecule has 1 fully saturated rings. The Labute approximate surface area is 117 Å². The standard InChI is InChI=1S/C11H16ClNS2.ClH/c12-11-2-1-10(15-11)3-6-13-9-4-7-14-8-5-9;/h1-2,9,13H,3-8H2;1H. The maximum atomic E-state index is 5.88. The van der Waals surface area contributed by atoms with Crippen molar-refractivity contribution in [2.24, 2.45) is 0 Å². The number of hydrogen-bond acceptors (Lipinski definition) is 3. The second-order valence-electron chi connectivity index (χ2n) is 3.80. The van der Waals surface area contributed by atoms with Gasteiger partial charge < -0.3 is 5.32 Å². The topological polar surface area (TPSA) is 12.0 Å². The molecule has 0 spiro atoms. The summed E-state index contributed by atoms with van der Waals surface area (Å²) in [6.07, 6.45) is 3.77. The van der Waals surface area contributed by atoms with Crippen LogP contribution in [0.2, 0.25) is 4.34 Å². The number of nitrogens with one attached hydrogen (secondary N) is 1. The minimum atomic E-state index is 0. The van der Waals surface area contributed by atoms with Gasteiger partial charge in [0.1, 0.15) is 0 Å². The Morgan fingerprint density at radius 3 is 2.69 bits per heavy atom. The molecule has 2 rings (SSSR count). The first kappa shape index (κ1) is 14.7. The highest BCUT2D eigenvalue weighted by Crippen LogP contribution is 2.22. The van der Waals surface area contributed by atoms with Gasteiger partial charge in [0.25, 0.3) is 0 Å². The molecule has 0 amide bonds. The molecule has 0 aromatic carbocycles. The van der Waals surface area contributed by atoms with E-state index in [0.29, 0.717) is 0 Å². The van der Waals surface area contributed by atoms with Crippen molar-refractivity contribution in [3.63, 3.8) is 0 Å². The summed E-state index contributed by atoms with van der Waals surface area (Å²) in [6, 6.07) is 4.87. The fraction of sp³-hybridized carbons (Fsp3) is 0.636. The fourth-order valence-electron chi connectivity index (χ4n) is 1.79. The van der Waals surface area contributed by atoms with Crippen molar-refractivity contribution < 1.29 is 0 Å². The van der Waals surface area contributed by atoms with Crippen LogP contribution in [-0.2, 0) is 6.42 Å². The lowest BCUT2D eigenvalue weighted by atomic mass is 10.1. The van der Waals surface area contributed by atoms with Crippen molar-refractivity contribution in [2.75, 3.05) is 18.1 Å². The Hall–Kier alpha value is 0.590. The van der Waals surface area contributed by atoms with Crippen LogP contribution in [0.15, 0.2) is 12.1 Å². The molecule has 5 heteroatoms. The van der Waals surface area contributed by atoms with Gasteiger partial charge >= 0.3 is 0 Å². The zero-order chi connectivity index (χ0) is 10.5. The van der Waals surface area contributed by atoms with Crippen molar-refractivity contribution in [1.82, 2.24) is 5.32 Å². The molecular formula is C11H17Cl2NS2. The molecular weight excluding hydrogens is 281 g/mol. The van der Waals surface area contributed by atoms with E-state index in [-0.39, 0.29) is 12.4 Å². The molecule has 1 aliphatic heterocycles. The normalized spacial score (nSPS) is 17.1. The van der Waals surface area contributed by atoms with Crippen LogP contribution in [0.4, 0.5) is 0 Å². The summed E-state index contributed by atoms with van der Waals surface area (Å²) in [7, 11) is 0. The highest BCUT2D eigenvalue weighted by atomic mass is 35.5. The fourth-order valence-corrected chi connectivity index (χ4v) is 3.98. The van der Waals surface area contributed by atoms with E-state index in [4.69, 9.17) is 11.6 Å². The average Bonchev–Trinajstić information content (AvgIpc) is 2.66. The third-order valence-electron chi connectivity index (χ3n) is 2.65. The first-order valence-corrected chi connectivity index (χ1v) is 7.75. The molecule has 16 heavy (non-hydrogen) atoms. The van der Waals surface area contributed by atoms with E-state index in [1.807, 2.05) is 6.07 Å². The Kier molecular flexibility index (Phi) is 7.17. The first-order chi connectivity index (χ1) is 7.34. The summed E-state index contributed by atoms with van der Waals surface area (Å²) in [5.41, 5.74) is 0. The van der Waals surface area contributed by atoms with E-state index in [1.165, 1.54) is 29.2 Å². The molecule has 1 aliphatic rings. The zero-order valence-electron chi connectivity index (χ0n) is 9.08. The van der Waals surface area contributed by atoms with Crippen molar-refractivity contribution in [3.05, 3.63) is 21.3 Å². The van der Waals surface area contributed by atoms with Crippen molar-refractivity contribution >= 4 is 47.1 Å². The lowest BCUT2D eigenvalue weighted by Crippen LogP contribution is -2.33. The Balaban J connectivity index is 0.00000128. The number of rotatable bonds is 4. The summed E-state index contributed by atoms with van der Waals surface area (Å²) in [6.45, 7) is 1.09. The van der Waals surface area contributed by atoms with Crippen LogP contribution in [0.1, 0.15) is 17.7 Å². The molecule has 1 aromatic rings. The average molecular weight is 298 g/mol. The van der Waals surface area contributed by atoms with Gasteiger partial charge in [-0.1, -0.05) is 11.6 Å². The van der Waals surface area contributed by atoms with Gasteiger partial charge in [0.15, 0.2) is 0 Å². The lowest BCUT2D eigenvalue weighted by Gasteiger charge is -2.22. The minimum absolute atomic E-state index is 0. The number of thiophene rings is 1. The quantitative estimate of drug-likeness (QED) is 0.906. The third-order valence-corrected chi connectivity index (χ3v) is 4.99. The van der Waals surface area contributed by atoms with Crippen molar-refractivity contribution in [3.8, 4) is 0 Å². The molecule has 1 nitrogen and oxygen atoms in total. The Morgan fingerprint density at radius 2 is 2.06 bits per heavy atom. The van der Waals surface area contributed by atoms with E-state index in [1.54, 1.807) is 11.3 Å². The summed E-state index contributed by atoms with van der Waals surface area (Å²) in [5.74, 6) is 2.64. The predicted molar refractivity (Wildman–Crippen MR) is 78.6 cm³/mol. The van der Waals surface area contributed by atoms with E-state index >= 15 is 0 Å². The molecule has 0 radical (unpaired) electrons. The molecule has 0 atom stereocenters. The Bertz CT molecular complexity index is 298. The van der Waals surface area contributed by atoms with Crippen LogP contribution < -0.4 is 5.32 Å². The molecule has 0 saturated carbocycles. The maximum Gasteiger partial charge on any atom is 0.0931 e. The van der Waals surface area contributed by atoms with Crippen LogP contribution in [0.3, 0.4) is 0 Å². The highest BCUT2D eigenvalue weighted by Gasteiger charge is 2.12. The second-order valence-corrected chi connectivity index (χ2v) is 6.82. The van der Waals surface area contributed by atoms with E-state index in [9.17, 15) is 0 Å². The van der Waals surface area contributed by atoms with Crippen molar-refractivity contribution in [2.45, 2.75) is 25.3 Å². The molecule has 2 heterocycles. The summed E-state index contributed by atoms with van der Waals surface area (Å²) in [4.78, 5) is 1.39. The number of halogens is 2. The van der Waals surface area contributed by atoms with Gasteiger partial charge in [-0.2, -0.15) is 11.8 Å². The monoisotopic (exact) mass is 297 g/mol. The first-order valence-electron chi connectivity index (χ1n) is 5.40. The van der Waals surface area contributed by atoms with Gasteiger partial charge in [-0.25, -0.2) is 0 Å². The van der Waals surface area contributed by atoms with Crippen LogP contribution in [0, 0.1) is 0 Å². The van der Waals surface area contributed by atoms with Crippen LogP contribution in [-0.4, -0.2) is 24.1 Å². The zero-order valence-corrected chi connectivity index (χ0v) is 12.3. The molecule has 1 aromatic heterocycles. The largest absolute Gasteiger partial charge is 0.314 e. The molecule has 0 unspecified atom stereocenters. The van der Waals surface area contributed by atoms with Gasteiger partial charge in [-0.3, -0.25) is 0 Å². The van der Waals surface area contributed by atoms with Crippen LogP contribution >= 0.6 is 47.1 Å². The van der Waals surface area contributed by atoms with Gasteiger partial charge in [-0.15, -0.1) is 23.7 Å². The van der Waals surface area contributed by atoms with E-state index in [0.717, 1.165) is 23.3 Å². The minimum Gasteiger partial charge on any atom is -0.314 e.